The highest BCUT2D eigenvalue weighted by atomic mass is 15.5. The number of rotatable bonds is 3. The van der Waals surface area contributed by atoms with Crippen LogP contribution in [0.25, 0.3) is 11.1 Å². The largest absolute Gasteiger partial charge is 0.297 e. The van der Waals surface area contributed by atoms with Gasteiger partial charge in [0.25, 0.3) is 0 Å². The second kappa shape index (κ2) is 4.79. The highest BCUT2D eigenvalue weighted by Gasteiger charge is 2.29. The quantitative estimate of drug-likeness (QED) is 0.772. The van der Waals surface area contributed by atoms with Gasteiger partial charge in [-0.15, -0.1) is 10.2 Å². The first kappa shape index (κ1) is 12.2. The summed E-state index contributed by atoms with van der Waals surface area (Å²) in [6, 6.07) is 17.2. The van der Waals surface area contributed by atoms with Gasteiger partial charge in [0.15, 0.2) is 5.82 Å². The molecule has 1 atom stereocenters. The number of tetrazole rings is 1. The monoisotopic (exact) mass is 277 g/mol. The standard InChI is InChI=1S/C16H15N5/c1-10(16-18-20-21-19-16)17-15-13-8-4-2-6-11(13)12-7-3-5-9-14(12)15/h2-10,15,17H,1H3,(H,18,19,20,21). The Kier molecular flexibility index (Phi) is 2.79. The first-order chi connectivity index (χ1) is 10.3. The molecule has 4 rings (SSSR count). The van der Waals surface area contributed by atoms with Gasteiger partial charge in [-0.1, -0.05) is 53.7 Å². The third kappa shape index (κ3) is 1.94. The second-order valence-corrected chi connectivity index (χ2v) is 5.27. The average Bonchev–Trinajstić information content (AvgIpc) is 3.15. The van der Waals surface area contributed by atoms with Crippen LogP contribution in [-0.2, 0) is 0 Å². The number of aromatic nitrogens is 4. The molecule has 1 aliphatic rings. The van der Waals surface area contributed by atoms with E-state index < -0.39 is 0 Å². The summed E-state index contributed by atoms with van der Waals surface area (Å²) < 4.78 is 0. The lowest BCUT2D eigenvalue weighted by molar-refractivity contribution is 0.502. The van der Waals surface area contributed by atoms with E-state index in [9.17, 15) is 0 Å². The molecular weight excluding hydrogens is 262 g/mol. The molecule has 0 fully saturated rings. The average molecular weight is 277 g/mol. The Balaban J connectivity index is 1.75. The van der Waals surface area contributed by atoms with E-state index in [1.807, 2.05) is 0 Å². The fourth-order valence-electron chi connectivity index (χ4n) is 3.01. The van der Waals surface area contributed by atoms with Crippen molar-refractivity contribution in [3.63, 3.8) is 0 Å². The van der Waals surface area contributed by atoms with Gasteiger partial charge in [-0.3, -0.25) is 5.32 Å². The maximum Gasteiger partial charge on any atom is 0.191 e. The molecule has 0 saturated heterocycles. The van der Waals surface area contributed by atoms with Gasteiger partial charge in [0, 0.05) is 0 Å². The van der Waals surface area contributed by atoms with Crippen LogP contribution >= 0.6 is 0 Å². The van der Waals surface area contributed by atoms with Gasteiger partial charge in [0.2, 0.25) is 0 Å². The number of fused-ring (bicyclic) bond motifs is 3. The lowest BCUT2D eigenvalue weighted by atomic mass is 10.0. The molecule has 1 aromatic heterocycles. The van der Waals surface area contributed by atoms with Gasteiger partial charge in [-0.2, -0.15) is 5.21 Å². The van der Waals surface area contributed by atoms with Crippen molar-refractivity contribution >= 4 is 0 Å². The topological polar surface area (TPSA) is 66.5 Å². The molecule has 0 radical (unpaired) electrons. The molecule has 1 heterocycles. The molecule has 2 N–H and O–H groups in total. The summed E-state index contributed by atoms with van der Waals surface area (Å²) in [7, 11) is 0. The minimum absolute atomic E-state index is 0.0213. The number of hydrogen-bond donors (Lipinski definition) is 2. The molecule has 0 aliphatic heterocycles. The summed E-state index contributed by atoms with van der Waals surface area (Å²) in [6.07, 6.45) is 0. The van der Waals surface area contributed by atoms with Crippen LogP contribution in [0.1, 0.15) is 36.0 Å². The summed E-state index contributed by atoms with van der Waals surface area (Å²) in [6.45, 7) is 2.05. The molecule has 2 aromatic carbocycles. The van der Waals surface area contributed by atoms with E-state index in [4.69, 9.17) is 0 Å². The van der Waals surface area contributed by atoms with Gasteiger partial charge in [-0.05, 0) is 29.2 Å². The highest BCUT2D eigenvalue weighted by molar-refractivity contribution is 5.78. The van der Waals surface area contributed by atoms with Crippen molar-refractivity contribution in [1.82, 2.24) is 25.9 Å². The fourth-order valence-corrected chi connectivity index (χ4v) is 3.01. The van der Waals surface area contributed by atoms with E-state index in [0.717, 1.165) is 0 Å². The Labute approximate surface area is 122 Å². The number of H-pyrrole nitrogens is 1. The molecule has 0 amide bonds. The van der Waals surface area contributed by atoms with Crippen LogP contribution in [0, 0.1) is 0 Å². The van der Waals surface area contributed by atoms with Crippen LogP contribution in [0.4, 0.5) is 0 Å². The number of aromatic amines is 1. The zero-order chi connectivity index (χ0) is 14.2. The molecule has 21 heavy (non-hydrogen) atoms. The summed E-state index contributed by atoms with van der Waals surface area (Å²) in [5, 5.41) is 17.9. The Morgan fingerprint density at radius 2 is 1.62 bits per heavy atom. The predicted molar refractivity (Wildman–Crippen MR) is 79.4 cm³/mol. The van der Waals surface area contributed by atoms with Crippen molar-refractivity contribution in [2.75, 3.05) is 0 Å². The van der Waals surface area contributed by atoms with Crippen LogP contribution in [0.2, 0.25) is 0 Å². The van der Waals surface area contributed by atoms with E-state index in [1.54, 1.807) is 0 Å². The van der Waals surface area contributed by atoms with Crippen LogP contribution in [0.5, 0.6) is 0 Å². The van der Waals surface area contributed by atoms with Crippen LogP contribution < -0.4 is 5.32 Å². The number of benzene rings is 2. The molecule has 5 heteroatoms. The van der Waals surface area contributed by atoms with Crippen molar-refractivity contribution in [2.45, 2.75) is 19.0 Å². The smallest absolute Gasteiger partial charge is 0.191 e. The summed E-state index contributed by atoms with van der Waals surface area (Å²) in [5.74, 6) is 0.678. The Morgan fingerprint density at radius 3 is 2.19 bits per heavy atom. The van der Waals surface area contributed by atoms with Crippen LogP contribution in [0.15, 0.2) is 48.5 Å². The lowest BCUT2D eigenvalue weighted by Gasteiger charge is -2.19. The number of hydrogen-bond acceptors (Lipinski definition) is 4. The van der Waals surface area contributed by atoms with E-state index in [1.165, 1.54) is 22.3 Å². The van der Waals surface area contributed by atoms with Gasteiger partial charge in [0.05, 0.1) is 12.1 Å². The summed E-state index contributed by atoms with van der Waals surface area (Å²) in [5.41, 5.74) is 5.19. The SMILES string of the molecule is CC(NC1c2ccccc2-c2ccccc21)c1nn[nH]n1. The fraction of sp³-hybridized carbons (Fsp3) is 0.188. The van der Waals surface area contributed by atoms with Crippen molar-refractivity contribution in [3.8, 4) is 11.1 Å². The second-order valence-electron chi connectivity index (χ2n) is 5.27. The van der Waals surface area contributed by atoms with Gasteiger partial charge >= 0.3 is 0 Å². The van der Waals surface area contributed by atoms with Crippen LogP contribution in [-0.4, -0.2) is 20.6 Å². The first-order valence-electron chi connectivity index (χ1n) is 7.02. The molecular formula is C16H15N5. The normalized spacial score (nSPS) is 14.7. The maximum atomic E-state index is 4.06. The number of nitrogens with zero attached hydrogens (tertiary/aromatic N) is 3. The van der Waals surface area contributed by atoms with E-state index >= 15 is 0 Å². The molecule has 1 unspecified atom stereocenters. The van der Waals surface area contributed by atoms with Crippen molar-refractivity contribution in [3.05, 3.63) is 65.5 Å². The Morgan fingerprint density at radius 1 is 1.00 bits per heavy atom. The van der Waals surface area contributed by atoms with E-state index in [-0.39, 0.29) is 12.1 Å². The minimum atomic E-state index is 0.0213. The van der Waals surface area contributed by atoms with E-state index in [0.29, 0.717) is 5.82 Å². The molecule has 1 aliphatic carbocycles. The summed E-state index contributed by atoms with van der Waals surface area (Å²) >= 11 is 0. The molecule has 3 aromatic rings. The van der Waals surface area contributed by atoms with Gasteiger partial charge < -0.3 is 0 Å². The summed E-state index contributed by atoms with van der Waals surface area (Å²) in [4.78, 5) is 0. The molecule has 0 saturated carbocycles. The molecule has 5 nitrogen and oxygen atoms in total. The zero-order valence-corrected chi connectivity index (χ0v) is 11.6. The number of nitrogens with one attached hydrogen (secondary N) is 2. The minimum Gasteiger partial charge on any atom is -0.297 e. The van der Waals surface area contributed by atoms with E-state index in [2.05, 4.69) is 81.4 Å². The third-order valence-electron chi connectivity index (χ3n) is 4.00. The lowest BCUT2D eigenvalue weighted by Crippen LogP contribution is -2.25. The zero-order valence-electron chi connectivity index (χ0n) is 11.6. The van der Waals surface area contributed by atoms with Crippen LogP contribution in [0.3, 0.4) is 0 Å². The predicted octanol–water partition coefficient (Wildman–Crippen LogP) is 2.62. The molecule has 0 bridgehead atoms. The molecule has 0 spiro atoms. The molecule has 104 valence electrons. The Hall–Kier alpha value is -2.53. The van der Waals surface area contributed by atoms with Crippen molar-refractivity contribution < 1.29 is 0 Å². The van der Waals surface area contributed by atoms with Gasteiger partial charge in [0.1, 0.15) is 0 Å². The van der Waals surface area contributed by atoms with Crippen molar-refractivity contribution in [2.24, 2.45) is 0 Å². The highest BCUT2D eigenvalue weighted by Crippen LogP contribution is 2.43. The third-order valence-corrected chi connectivity index (χ3v) is 4.00. The Bertz CT molecular complexity index is 720. The maximum absolute atomic E-state index is 4.06. The first-order valence-corrected chi connectivity index (χ1v) is 7.02. The van der Waals surface area contributed by atoms with Crippen molar-refractivity contribution in [1.29, 1.82) is 0 Å². The van der Waals surface area contributed by atoms with Gasteiger partial charge in [-0.25, -0.2) is 0 Å².